The highest BCUT2D eigenvalue weighted by molar-refractivity contribution is 5.82. The van der Waals surface area contributed by atoms with Crippen LogP contribution >= 0.6 is 0 Å². The van der Waals surface area contributed by atoms with E-state index in [-0.39, 0.29) is 12.1 Å². The summed E-state index contributed by atoms with van der Waals surface area (Å²) < 4.78 is 5.26. The van der Waals surface area contributed by atoms with Crippen molar-refractivity contribution in [1.29, 1.82) is 0 Å². The van der Waals surface area contributed by atoms with E-state index in [0.29, 0.717) is 6.04 Å². The quantitative estimate of drug-likeness (QED) is 0.813. The third-order valence-corrected chi connectivity index (χ3v) is 3.72. The molecule has 1 fully saturated rings. The second-order valence-electron chi connectivity index (χ2n) is 6.83. The maximum Gasteiger partial charge on any atom is 0.407 e. The van der Waals surface area contributed by atoms with Gasteiger partial charge in [0.25, 0.3) is 0 Å². The van der Waals surface area contributed by atoms with Crippen LogP contribution in [0.3, 0.4) is 0 Å². The summed E-state index contributed by atoms with van der Waals surface area (Å²) in [7, 11) is 0. The van der Waals surface area contributed by atoms with Crippen LogP contribution in [0.15, 0.2) is 30.5 Å². The Bertz CT molecular complexity index is 672. The van der Waals surface area contributed by atoms with Gasteiger partial charge in [0.05, 0.1) is 0 Å². The molecule has 2 atom stereocenters. The van der Waals surface area contributed by atoms with Gasteiger partial charge in [0.2, 0.25) is 0 Å². The second kappa shape index (κ2) is 5.65. The van der Waals surface area contributed by atoms with E-state index in [1.165, 1.54) is 16.5 Å². The number of alkyl carbamates (subject to hydrolysis) is 1. The summed E-state index contributed by atoms with van der Waals surface area (Å²) in [5.74, 6) is 0. The molecule has 1 aliphatic rings. The van der Waals surface area contributed by atoms with Crippen molar-refractivity contribution in [2.45, 2.75) is 51.4 Å². The number of hydrogen-bond donors (Lipinski definition) is 3. The average Bonchev–Trinajstić information content (AvgIpc) is 2.96. The zero-order valence-corrected chi connectivity index (χ0v) is 13.3. The van der Waals surface area contributed by atoms with Gasteiger partial charge in [-0.3, -0.25) is 0 Å². The Morgan fingerprint density at radius 1 is 1.32 bits per heavy atom. The fourth-order valence-electron chi connectivity index (χ4n) is 2.58. The third-order valence-electron chi connectivity index (χ3n) is 3.72. The summed E-state index contributed by atoms with van der Waals surface area (Å²) in [6, 6.07) is 8.83. The molecule has 3 N–H and O–H groups in total. The normalized spacial score (nSPS) is 20.9. The van der Waals surface area contributed by atoms with E-state index in [9.17, 15) is 4.79 Å². The van der Waals surface area contributed by atoms with E-state index in [2.05, 4.69) is 39.9 Å². The van der Waals surface area contributed by atoms with Gasteiger partial charge < -0.3 is 20.4 Å². The first-order valence-electron chi connectivity index (χ1n) is 7.70. The molecule has 1 aromatic heterocycles. The van der Waals surface area contributed by atoms with Gasteiger partial charge in [-0.15, -0.1) is 0 Å². The molecule has 0 saturated heterocycles. The summed E-state index contributed by atoms with van der Waals surface area (Å²) in [6.07, 6.45) is 2.56. The van der Waals surface area contributed by atoms with E-state index in [1.54, 1.807) is 0 Å². The lowest BCUT2D eigenvalue weighted by molar-refractivity contribution is 0.0522. The number of benzene rings is 1. The van der Waals surface area contributed by atoms with Gasteiger partial charge in [-0.1, -0.05) is 18.2 Å². The number of carbonyl (C=O) groups is 1. The molecule has 5 nitrogen and oxygen atoms in total. The number of ether oxygens (including phenoxy) is 1. The summed E-state index contributed by atoms with van der Waals surface area (Å²) in [6.45, 7) is 6.39. The first kappa shape index (κ1) is 14.9. The Labute approximate surface area is 130 Å². The fourth-order valence-corrected chi connectivity index (χ4v) is 2.58. The van der Waals surface area contributed by atoms with Gasteiger partial charge in [-0.25, -0.2) is 4.79 Å². The standard InChI is InChI=1S/C17H23N3O2/c1-17(2,3)22-16(21)20-14-9-13(14)19-10-12-6-4-5-11-7-8-18-15(11)12/h4-8,13-14,18-19H,9-10H2,1-3H3,(H,20,21). The summed E-state index contributed by atoms with van der Waals surface area (Å²) in [5, 5.41) is 7.60. The minimum Gasteiger partial charge on any atom is -0.444 e. The zero-order valence-electron chi connectivity index (χ0n) is 13.3. The molecule has 1 saturated carbocycles. The topological polar surface area (TPSA) is 66.2 Å². The van der Waals surface area contributed by atoms with Gasteiger partial charge >= 0.3 is 6.09 Å². The number of para-hydroxylation sites is 1. The van der Waals surface area contributed by atoms with Crippen LogP contribution in [0.1, 0.15) is 32.8 Å². The number of H-pyrrole nitrogens is 1. The third kappa shape index (κ3) is 3.60. The van der Waals surface area contributed by atoms with Crippen molar-refractivity contribution >= 4 is 17.0 Å². The molecule has 118 valence electrons. The molecule has 2 aromatic rings. The summed E-state index contributed by atoms with van der Waals surface area (Å²) >= 11 is 0. The van der Waals surface area contributed by atoms with Gasteiger partial charge in [0.1, 0.15) is 5.60 Å². The fraction of sp³-hybridized carbons (Fsp3) is 0.471. The highest BCUT2D eigenvalue weighted by Crippen LogP contribution is 2.23. The van der Waals surface area contributed by atoms with E-state index >= 15 is 0 Å². The molecule has 0 spiro atoms. The average molecular weight is 301 g/mol. The van der Waals surface area contributed by atoms with E-state index in [4.69, 9.17) is 4.74 Å². The summed E-state index contributed by atoms with van der Waals surface area (Å²) in [5.41, 5.74) is 1.96. The minimum atomic E-state index is -0.453. The lowest BCUT2D eigenvalue weighted by Gasteiger charge is -2.19. The number of carbonyl (C=O) groups excluding carboxylic acids is 1. The molecular weight excluding hydrogens is 278 g/mol. The molecule has 0 radical (unpaired) electrons. The van der Waals surface area contributed by atoms with Crippen LogP contribution in [-0.2, 0) is 11.3 Å². The van der Waals surface area contributed by atoms with Crippen LogP contribution in [0, 0.1) is 0 Å². The molecule has 1 amide bonds. The van der Waals surface area contributed by atoms with Crippen molar-refractivity contribution < 1.29 is 9.53 Å². The highest BCUT2D eigenvalue weighted by atomic mass is 16.6. The highest BCUT2D eigenvalue weighted by Gasteiger charge is 2.38. The number of hydrogen-bond acceptors (Lipinski definition) is 3. The van der Waals surface area contributed by atoms with Crippen LogP contribution in [0.2, 0.25) is 0 Å². The van der Waals surface area contributed by atoms with Crippen molar-refractivity contribution in [3.63, 3.8) is 0 Å². The number of nitrogens with one attached hydrogen (secondary N) is 3. The molecule has 3 rings (SSSR count). The largest absolute Gasteiger partial charge is 0.444 e. The van der Waals surface area contributed by atoms with E-state index in [0.717, 1.165) is 13.0 Å². The molecule has 0 bridgehead atoms. The number of fused-ring (bicyclic) bond motifs is 1. The van der Waals surface area contributed by atoms with Gasteiger partial charge in [-0.05, 0) is 44.2 Å². The molecule has 22 heavy (non-hydrogen) atoms. The van der Waals surface area contributed by atoms with Crippen LogP contribution in [0.5, 0.6) is 0 Å². The molecule has 2 unspecified atom stereocenters. The van der Waals surface area contributed by atoms with Crippen molar-refractivity contribution in [1.82, 2.24) is 15.6 Å². The van der Waals surface area contributed by atoms with Crippen LogP contribution in [0.4, 0.5) is 4.79 Å². The Morgan fingerprint density at radius 3 is 2.91 bits per heavy atom. The van der Waals surface area contributed by atoms with Crippen molar-refractivity contribution in [2.24, 2.45) is 0 Å². The van der Waals surface area contributed by atoms with Crippen molar-refractivity contribution in [2.75, 3.05) is 0 Å². The first-order chi connectivity index (χ1) is 10.4. The maximum absolute atomic E-state index is 11.7. The van der Waals surface area contributed by atoms with Crippen LogP contribution in [-0.4, -0.2) is 28.8 Å². The lowest BCUT2D eigenvalue weighted by Crippen LogP contribution is -2.36. The Balaban J connectivity index is 1.48. The Kier molecular flexibility index (Phi) is 3.83. The SMILES string of the molecule is CC(C)(C)OC(=O)NC1CC1NCc1cccc2cc[nH]c12. The van der Waals surface area contributed by atoms with Crippen molar-refractivity contribution in [3.05, 3.63) is 36.0 Å². The molecule has 5 heteroatoms. The zero-order chi connectivity index (χ0) is 15.7. The number of rotatable bonds is 4. The Hall–Kier alpha value is -2.01. The maximum atomic E-state index is 11.7. The second-order valence-corrected chi connectivity index (χ2v) is 6.83. The minimum absolute atomic E-state index is 0.165. The van der Waals surface area contributed by atoms with Crippen LogP contribution < -0.4 is 10.6 Å². The number of amides is 1. The van der Waals surface area contributed by atoms with Crippen molar-refractivity contribution in [3.8, 4) is 0 Å². The lowest BCUT2D eigenvalue weighted by atomic mass is 10.1. The predicted molar refractivity (Wildman–Crippen MR) is 86.7 cm³/mol. The van der Waals surface area contributed by atoms with E-state index in [1.807, 2.05) is 27.0 Å². The molecular formula is C17H23N3O2. The first-order valence-corrected chi connectivity index (χ1v) is 7.70. The summed E-state index contributed by atoms with van der Waals surface area (Å²) in [4.78, 5) is 15.0. The monoisotopic (exact) mass is 301 g/mol. The molecule has 1 aromatic carbocycles. The molecule has 1 heterocycles. The molecule has 0 aliphatic heterocycles. The van der Waals surface area contributed by atoms with Gasteiger partial charge in [-0.2, -0.15) is 0 Å². The molecule has 1 aliphatic carbocycles. The van der Waals surface area contributed by atoms with Crippen LogP contribution in [0.25, 0.3) is 10.9 Å². The van der Waals surface area contributed by atoms with Gasteiger partial charge in [0, 0.05) is 30.3 Å². The smallest absolute Gasteiger partial charge is 0.407 e. The number of aromatic amines is 1. The van der Waals surface area contributed by atoms with Gasteiger partial charge in [0.15, 0.2) is 0 Å². The predicted octanol–water partition coefficient (Wildman–Crippen LogP) is 2.92. The Morgan fingerprint density at radius 2 is 2.14 bits per heavy atom. The van der Waals surface area contributed by atoms with E-state index < -0.39 is 5.60 Å². The number of aromatic nitrogens is 1.